The predicted octanol–water partition coefficient (Wildman–Crippen LogP) is 15.0. The van der Waals surface area contributed by atoms with Gasteiger partial charge < -0.3 is 19.7 Å². The number of rotatable bonds is 10. The zero-order chi connectivity index (χ0) is 46.1. The molecule has 0 saturated carbocycles. The highest BCUT2D eigenvalue weighted by atomic mass is 16.5. The minimum Gasteiger partial charge on any atom is -0.491 e. The number of benzene rings is 12. The Bertz CT molecular complexity index is 3760. The van der Waals surface area contributed by atoms with Crippen LogP contribution in [0, 0.1) is 0 Å². The second kappa shape index (κ2) is 16.5. The zero-order valence-corrected chi connectivity index (χ0v) is 37.8. The monoisotopic (exact) mass is 890 g/mol. The quantitative estimate of drug-likeness (QED) is 0.134. The molecule has 69 heavy (non-hydrogen) atoms. The van der Waals surface area contributed by atoms with Crippen LogP contribution in [0.25, 0.3) is 98.0 Å². The molecule has 4 nitrogen and oxygen atoms in total. The van der Waals surface area contributed by atoms with Gasteiger partial charge in [0.2, 0.25) is 0 Å². The van der Waals surface area contributed by atoms with Crippen molar-refractivity contribution in [3.63, 3.8) is 0 Å². The average Bonchev–Trinajstić information content (AvgIpc) is 3.71. The summed E-state index contributed by atoms with van der Waals surface area (Å²) in [6.07, 6.45) is 0. The Kier molecular flexibility index (Phi) is 9.79. The summed E-state index contributed by atoms with van der Waals surface area (Å²) in [6, 6.07) is 80.0. The number of aliphatic hydroxyl groups is 2. The summed E-state index contributed by atoms with van der Waals surface area (Å²) in [5.41, 5.74) is 11.1. The van der Waals surface area contributed by atoms with E-state index in [0.717, 1.165) is 76.8 Å². The molecular formula is C65H46O4. The summed E-state index contributed by atoms with van der Waals surface area (Å²) in [5.74, 6) is 1.52. The number of hydrogen-bond acceptors (Lipinski definition) is 4. The SMILES string of the molecule is OCCOc1cc2ccc(C3(c4ccc5cc(OCCO)c6ccccc6c5c4)c4ccc(-c5ccc6ccccc6c5)cc4-c4cc(-c5ccc6ccccc6c5)ccc43)cc2c2ccccc12. The first kappa shape index (κ1) is 41.0. The molecule has 12 aromatic carbocycles. The Morgan fingerprint density at radius 3 is 1.13 bits per heavy atom. The summed E-state index contributed by atoms with van der Waals surface area (Å²) in [4.78, 5) is 0. The van der Waals surface area contributed by atoms with Crippen molar-refractivity contribution in [1.82, 2.24) is 0 Å². The molecule has 0 aromatic heterocycles. The van der Waals surface area contributed by atoms with Gasteiger partial charge in [0.05, 0.1) is 18.6 Å². The molecule has 0 spiro atoms. The largest absolute Gasteiger partial charge is 0.491 e. The number of fused-ring (bicyclic) bond motifs is 11. The molecule has 4 heteroatoms. The van der Waals surface area contributed by atoms with Gasteiger partial charge in [0.25, 0.3) is 0 Å². The third-order valence-corrected chi connectivity index (χ3v) is 14.5. The van der Waals surface area contributed by atoms with Crippen molar-refractivity contribution >= 4 is 64.6 Å². The van der Waals surface area contributed by atoms with Crippen LogP contribution in [0.4, 0.5) is 0 Å². The molecule has 0 atom stereocenters. The fourth-order valence-electron chi connectivity index (χ4n) is 11.4. The lowest BCUT2D eigenvalue weighted by molar-refractivity contribution is 0.203. The van der Waals surface area contributed by atoms with E-state index in [9.17, 15) is 10.2 Å². The third-order valence-electron chi connectivity index (χ3n) is 14.5. The highest BCUT2D eigenvalue weighted by molar-refractivity contribution is 6.12. The highest BCUT2D eigenvalue weighted by Crippen LogP contribution is 2.58. The lowest BCUT2D eigenvalue weighted by Gasteiger charge is -2.34. The van der Waals surface area contributed by atoms with Gasteiger partial charge in [0.1, 0.15) is 24.7 Å². The molecular weight excluding hydrogens is 845 g/mol. The predicted molar refractivity (Wildman–Crippen MR) is 285 cm³/mol. The molecule has 2 N–H and O–H groups in total. The Labute approximate surface area is 399 Å². The molecule has 0 heterocycles. The van der Waals surface area contributed by atoms with Crippen molar-refractivity contribution in [3.05, 3.63) is 241 Å². The molecule has 0 aliphatic heterocycles. The van der Waals surface area contributed by atoms with Gasteiger partial charge in [0.15, 0.2) is 0 Å². The number of aliphatic hydroxyl groups excluding tert-OH is 2. The Hall–Kier alpha value is -8.28. The van der Waals surface area contributed by atoms with E-state index in [0.29, 0.717) is 0 Å². The molecule has 1 aliphatic rings. The molecule has 330 valence electrons. The van der Waals surface area contributed by atoms with E-state index in [4.69, 9.17) is 9.47 Å². The van der Waals surface area contributed by atoms with E-state index in [-0.39, 0.29) is 26.4 Å². The summed E-state index contributed by atoms with van der Waals surface area (Å²) in [5, 5.41) is 33.0. The van der Waals surface area contributed by atoms with Gasteiger partial charge in [-0.05, 0) is 158 Å². The van der Waals surface area contributed by atoms with Gasteiger partial charge in [-0.15, -0.1) is 0 Å². The molecule has 13 rings (SSSR count). The van der Waals surface area contributed by atoms with E-state index in [2.05, 4.69) is 218 Å². The summed E-state index contributed by atoms with van der Waals surface area (Å²) >= 11 is 0. The molecule has 0 bridgehead atoms. The summed E-state index contributed by atoms with van der Waals surface area (Å²) in [6.45, 7) is 0.322. The maximum atomic E-state index is 9.75. The van der Waals surface area contributed by atoms with Crippen LogP contribution in [0.15, 0.2) is 218 Å². The average molecular weight is 891 g/mol. The lowest BCUT2D eigenvalue weighted by atomic mass is 9.66. The maximum Gasteiger partial charge on any atom is 0.127 e. The fourth-order valence-corrected chi connectivity index (χ4v) is 11.4. The van der Waals surface area contributed by atoms with E-state index >= 15 is 0 Å². The molecule has 1 aliphatic carbocycles. The van der Waals surface area contributed by atoms with E-state index in [1.54, 1.807) is 0 Å². The molecule has 0 fully saturated rings. The summed E-state index contributed by atoms with van der Waals surface area (Å²) < 4.78 is 12.3. The number of ether oxygens (including phenoxy) is 2. The van der Waals surface area contributed by atoms with E-state index in [1.165, 1.54) is 54.9 Å². The Morgan fingerprint density at radius 2 is 0.681 bits per heavy atom. The van der Waals surface area contributed by atoms with Crippen molar-refractivity contribution in [2.75, 3.05) is 26.4 Å². The third kappa shape index (κ3) is 6.59. The smallest absolute Gasteiger partial charge is 0.127 e. The minimum absolute atomic E-state index is 0.0597. The Morgan fingerprint density at radius 1 is 0.304 bits per heavy atom. The fraction of sp³-hybridized carbons (Fsp3) is 0.0769. The van der Waals surface area contributed by atoms with Crippen LogP contribution in [-0.4, -0.2) is 36.6 Å². The van der Waals surface area contributed by atoms with E-state index in [1.807, 2.05) is 0 Å². The van der Waals surface area contributed by atoms with Crippen LogP contribution in [0.5, 0.6) is 11.5 Å². The topological polar surface area (TPSA) is 58.9 Å². The van der Waals surface area contributed by atoms with Gasteiger partial charge >= 0.3 is 0 Å². The van der Waals surface area contributed by atoms with Gasteiger partial charge in [-0.25, -0.2) is 0 Å². The Balaban J connectivity index is 1.12. The van der Waals surface area contributed by atoms with Crippen LogP contribution >= 0.6 is 0 Å². The van der Waals surface area contributed by atoms with Crippen molar-refractivity contribution in [3.8, 4) is 44.9 Å². The second-order valence-electron chi connectivity index (χ2n) is 18.3. The van der Waals surface area contributed by atoms with Crippen molar-refractivity contribution < 1.29 is 19.7 Å². The first-order valence-electron chi connectivity index (χ1n) is 23.8. The van der Waals surface area contributed by atoms with Gasteiger partial charge in [0, 0.05) is 10.8 Å². The molecule has 0 radical (unpaired) electrons. The van der Waals surface area contributed by atoms with Crippen LogP contribution in [-0.2, 0) is 5.41 Å². The standard InChI is InChI=1S/C65H46O4/c66-29-31-68-63-37-49-21-25-51(39-57(49)53-13-5-7-15-55(53)63)65(52-26-22-50-38-64(69-32-30-67)56-16-8-6-14-54(56)58(50)40-52)61-27-23-47(45-19-17-41-9-1-3-11-43(41)33-45)35-59(61)60-36-48(24-28-62(60)65)46-20-18-42-10-2-4-12-44(42)34-46/h1-28,33-40,66-67H,29-32H2. The van der Waals surface area contributed by atoms with Gasteiger partial charge in [-0.1, -0.05) is 170 Å². The van der Waals surface area contributed by atoms with Gasteiger partial charge in [-0.3, -0.25) is 0 Å². The normalized spacial score (nSPS) is 12.8. The molecule has 12 aromatic rings. The molecule has 0 amide bonds. The van der Waals surface area contributed by atoms with Crippen LogP contribution < -0.4 is 9.47 Å². The van der Waals surface area contributed by atoms with Crippen molar-refractivity contribution in [2.45, 2.75) is 5.41 Å². The summed E-state index contributed by atoms with van der Waals surface area (Å²) in [7, 11) is 0. The van der Waals surface area contributed by atoms with Crippen molar-refractivity contribution in [2.24, 2.45) is 0 Å². The maximum absolute atomic E-state index is 9.75. The minimum atomic E-state index is -0.753. The van der Waals surface area contributed by atoms with E-state index < -0.39 is 5.41 Å². The second-order valence-corrected chi connectivity index (χ2v) is 18.3. The number of hydrogen-bond donors (Lipinski definition) is 2. The lowest BCUT2D eigenvalue weighted by Crippen LogP contribution is -2.28. The van der Waals surface area contributed by atoms with Crippen LogP contribution in [0.1, 0.15) is 22.3 Å². The van der Waals surface area contributed by atoms with Gasteiger partial charge in [-0.2, -0.15) is 0 Å². The molecule has 0 saturated heterocycles. The molecule has 0 unspecified atom stereocenters. The van der Waals surface area contributed by atoms with Crippen molar-refractivity contribution in [1.29, 1.82) is 0 Å². The van der Waals surface area contributed by atoms with Crippen LogP contribution in [0.3, 0.4) is 0 Å². The zero-order valence-electron chi connectivity index (χ0n) is 37.8. The van der Waals surface area contributed by atoms with Crippen LogP contribution in [0.2, 0.25) is 0 Å². The first-order chi connectivity index (χ1) is 34.1. The first-order valence-corrected chi connectivity index (χ1v) is 23.8. The highest BCUT2D eigenvalue weighted by Gasteiger charge is 2.47.